The fourth-order valence-electron chi connectivity index (χ4n) is 1.89. The molecule has 1 aliphatic rings. The second-order valence-electron chi connectivity index (χ2n) is 3.78. The van der Waals surface area contributed by atoms with Crippen molar-refractivity contribution in [2.75, 3.05) is 29.5 Å². The third kappa shape index (κ3) is 1.88. The lowest BCUT2D eigenvalue weighted by Crippen LogP contribution is -2.30. The quantitative estimate of drug-likeness (QED) is 0.723. The largest absolute Gasteiger partial charge is 0.382 e. The van der Waals surface area contributed by atoms with Crippen LogP contribution in [-0.4, -0.2) is 23.1 Å². The molecule has 0 atom stereocenters. The molecule has 0 bridgehead atoms. The first kappa shape index (κ1) is 10.6. The van der Waals surface area contributed by atoms with Gasteiger partial charge in [0.2, 0.25) is 5.95 Å². The number of nitrogens with two attached hydrogens (primary N) is 2. The summed E-state index contributed by atoms with van der Waals surface area (Å²) in [6.45, 7) is 1.69. The molecule has 1 fully saturated rings. The van der Waals surface area contributed by atoms with Crippen LogP contribution in [0.25, 0.3) is 0 Å². The first-order valence-corrected chi connectivity index (χ1v) is 5.23. The van der Waals surface area contributed by atoms with Gasteiger partial charge < -0.3 is 16.4 Å². The zero-order valence-corrected chi connectivity index (χ0v) is 8.89. The van der Waals surface area contributed by atoms with Crippen LogP contribution in [0, 0.1) is 4.91 Å². The van der Waals surface area contributed by atoms with E-state index in [-0.39, 0.29) is 17.5 Å². The van der Waals surface area contributed by atoms with E-state index in [2.05, 4.69) is 15.1 Å². The van der Waals surface area contributed by atoms with Gasteiger partial charge in [-0.1, -0.05) is 0 Å². The van der Waals surface area contributed by atoms with Crippen LogP contribution in [0.3, 0.4) is 0 Å². The Kier molecular flexibility index (Phi) is 2.84. The molecular formula is C9H14N6O. The summed E-state index contributed by atoms with van der Waals surface area (Å²) in [5, 5.41) is 2.89. The number of hydrogen-bond acceptors (Lipinski definition) is 7. The highest BCUT2D eigenvalue weighted by molar-refractivity contribution is 5.74. The van der Waals surface area contributed by atoms with Crippen molar-refractivity contribution in [2.24, 2.45) is 5.18 Å². The number of piperidine rings is 1. The molecule has 1 aliphatic heterocycles. The van der Waals surface area contributed by atoms with Crippen molar-refractivity contribution < 1.29 is 0 Å². The molecule has 16 heavy (non-hydrogen) atoms. The minimum Gasteiger partial charge on any atom is -0.382 e. The van der Waals surface area contributed by atoms with Gasteiger partial charge in [0.25, 0.3) is 0 Å². The molecule has 0 unspecified atom stereocenters. The van der Waals surface area contributed by atoms with Crippen LogP contribution in [0.2, 0.25) is 0 Å². The van der Waals surface area contributed by atoms with Crippen LogP contribution < -0.4 is 16.4 Å². The Labute approximate surface area is 92.8 Å². The second-order valence-corrected chi connectivity index (χ2v) is 3.78. The number of nitrogen functional groups attached to an aromatic ring is 2. The summed E-state index contributed by atoms with van der Waals surface area (Å²) in [4.78, 5) is 20.5. The molecule has 4 N–H and O–H groups in total. The maximum atomic E-state index is 10.7. The van der Waals surface area contributed by atoms with E-state index in [4.69, 9.17) is 11.5 Å². The van der Waals surface area contributed by atoms with Crippen molar-refractivity contribution in [3.8, 4) is 0 Å². The Hall–Kier alpha value is -1.92. The van der Waals surface area contributed by atoms with Crippen LogP contribution in [0.5, 0.6) is 0 Å². The van der Waals surface area contributed by atoms with Crippen LogP contribution in [-0.2, 0) is 0 Å². The molecular weight excluding hydrogens is 208 g/mol. The fourth-order valence-corrected chi connectivity index (χ4v) is 1.89. The van der Waals surface area contributed by atoms with Crippen LogP contribution in [0.15, 0.2) is 5.18 Å². The van der Waals surface area contributed by atoms with Crippen molar-refractivity contribution in [2.45, 2.75) is 19.3 Å². The average molecular weight is 222 g/mol. The van der Waals surface area contributed by atoms with E-state index in [0.29, 0.717) is 5.82 Å². The average Bonchev–Trinajstić information content (AvgIpc) is 2.29. The molecule has 1 aromatic heterocycles. The van der Waals surface area contributed by atoms with Gasteiger partial charge in [0.05, 0.1) is 0 Å². The molecule has 0 amide bonds. The normalized spacial score (nSPS) is 16.1. The highest BCUT2D eigenvalue weighted by Gasteiger charge is 2.20. The summed E-state index contributed by atoms with van der Waals surface area (Å²) in [5.74, 6) is 0.577. The minimum atomic E-state index is 0.0445. The van der Waals surface area contributed by atoms with Crippen LogP contribution >= 0.6 is 0 Å². The number of nitrogens with zero attached hydrogens (tertiary/aromatic N) is 4. The molecule has 86 valence electrons. The third-order valence-electron chi connectivity index (χ3n) is 2.66. The van der Waals surface area contributed by atoms with E-state index in [1.165, 1.54) is 6.42 Å². The van der Waals surface area contributed by atoms with E-state index in [0.717, 1.165) is 25.9 Å². The Morgan fingerprint density at radius 1 is 1.12 bits per heavy atom. The first-order chi connectivity index (χ1) is 7.72. The summed E-state index contributed by atoms with van der Waals surface area (Å²) in [7, 11) is 0. The zero-order chi connectivity index (χ0) is 11.5. The SMILES string of the molecule is Nc1nc(N)c(N=O)c(N2CCCCC2)n1. The molecule has 1 saturated heterocycles. The lowest BCUT2D eigenvalue weighted by atomic mass is 10.1. The van der Waals surface area contributed by atoms with Gasteiger partial charge in [-0.05, 0) is 24.4 Å². The number of rotatable bonds is 2. The Morgan fingerprint density at radius 3 is 2.44 bits per heavy atom. The number of anilines is 3. The predicted octanol–water partition coefficient (Wildman–Crippen LogP) is 1.03. The molecule has 0 radical (unpaired) electrons. The molecule has 7 heteroatoms. The lowest BCUT2D eigenvalue weighted by molar-refractivity contribution is 0.573. The maximum absolute atomic E-state index is 10.7. The van der Waals surface area contributed by atoms with Gasteiger partial charge in [0.15, 0.2) is 17.3 Å². The van der Waals surface area contributed by atoms with Gasteiger partial charge in [-0.15, -0.1) is 4.91 Å². The molecule has 0 aromatic carbocycles. The highest BCUT2D eigenvalue weighted by Crippen LogP contribution is 2.33. The van der Waals surface area contributed by atoms with Crippen LogP contribution in [0.4, 0.5) is 23.3 Å². The van der Waals surface area contributed by atoms with Gasteiger partial charge in [-0.2, -0.15) is 9.97 Å². The zero-order valence-electron chi connectivity index (χ0n) is 8.89. The van der Waals surface area contributed by atoms with Gasteiger partial charge in [0.1, 0.15) is 0 Å². The van der Waals surface area contributed by atoms with Crippen molar-refractivity contribution in [3.05, 3.63) is 4.91 Å². The van der Waals surface area contributed by atoms with Gasteiger partial charge in [-0.25, -0.2) is 0 Å². The molecule has 2 rings (SSSR count). The van der Waals surface area contributed by atoms with Crippen LogP contribution in [0.1, 0.15) is 19.3 Å². The lowest BCUT2D eigenvalue weighted by Gasteiger charge is -2.28. The number of hydrogen-bond donors (Lipinski definition) is 2. The Morgan fingerprint density at radius 2 is 1.81 bits per heavy atom. The number of nitroso groups, excluding NO2 is 1. The molecule has 2 heterocycles. The van der Waals surface area contributed by atoms with Crippen molar-refractivity contribution in [1.82, 2.24) is 9.97 Å². The van der Waals surface area contributed by atoms with Crippen molar-refractivity contribution in [1.29, 1.82) is 0 Å². The van der Waals surface area contributed by atoms with Gasteiger partial charge in [0, 0.05) is 13.1 Å². The van der Waals surface area contributed by atoms with Gasteiger partial charge in [-0.3, -0.25) is 0 Å². The topological polar surface area (TPSA) is 110 Å². The highest BCUT2D eigenvalue weighted by atomic mass is 16.3. The second kappa shape index (κ2) is 4.30. The first-order valence-electron chi connectivity index (χ1n) is 5.23. The van der Waals surface area contributed by atoms with E-state index in [9.17, 15) is 4.91 Å². The number of aromatic nitrogens is 2. The molecule has 7 nitrogen and oxygen atoms in total. The Balaban J connectivity index is 2.40. The summed E-state index contributed by atoms with van der Waals surface area (Å²) >= 11 is 0. The Bertz CT molecular complexity index is 401. The van der Waals surface area contributed by atoms with Crippen molar-refractivity contribution in [3.63, 3.8) is 0 Å². The summed E-state index contributed by atoms with van der Waals surface area (Å²) in [6.07, 6.45) is 3.33. The van der Waals surface area contributed by atoms with E-state index in [1.807, 2.05) is 4.90 Å². The standard InChI is InChI=1S/C9H14N6O/c10-7-6(14-16)8(13-9(11)12-7)15-4-2-1-3-5-15/h1-5H2,(H4,10,11,12,13). The molecule has 0 saturated carbocycles. The van der Waals surface area contributed by atoms with Crippen molar-refractivity contribution >= 4 is 23.3 Å². The molecule has 0 spiro atoms. The molecule has 0 aliphatic carbocycles. The van der Waals surface area contributed by atoms with E-state index >= 15 is 0 Å². The predicted molar refractivity (Wildman–Crippen MR) is 62.4 cm³/mol. The minimum absolute atomic E-state index is 0.0445. The third-order valence-corrected chi connectivity index (χ3v) is 2.66. The smallest absolute Gasteiger partial charge is 0.224 e. The summed E-state index contributed by atoms with van der Waals surface area (Å²) in [5.41, 5.74) is 11.2. The van der Waals surface area contributed by atoms with E-state index < -0.39 is 0 Å². The summed E-state index contributed by atoms with van der Waals surface area (Å²) < 4.78 is 0. The maximum Gasteiger partial charge on any atom is 0.224 e. The fraction of sp³-hybridized carbons (Fsp3) is 0.556. The monoisotopic (exact) mass is 222 g/mol. The summed E-state index contributed by atoms with van der Waals surface area (Å²) in [6, 6.07) is 0. The van der Waals surface area contributed by atoms with E-state index in [1.54, 1.807) is 0 Å². The van der Waals surface area contributed by atoms with Gasteiger partial charge >= 0.3 is 0 Å². The molecule has 1 aromatic rings.